The van der Waals surface area contributed by atoms with E-state index >= 15 is 0 Å². The number of hydrogen-bond donors (Lipinski definition) is 0. The summed E-state index contributed by atoms with van der Waals surface area (Å²) in [7, 11) is 0. The Morgan fingerprint density at radius 2 is 2.33 bits per heavy atom. The van der Waals surface area contributed by atoms with E-state index in [4.69, 9.17) is 10.9 Å². The average Bonchev–Trinajstić information content (AvgIpc) is 1.61. The van der Waals surface area contributed by atoms with Crippen molar-refractivity contribution in [3.63, 3.8) is 0 Å². The van der Waals surface area contributed by atoms with Crippen LogP contribution in [-0.2, 0) is 0 Å². The van der Waals surface area contributed by atoms with Gasteiger partial charge >= 0.3 is 0 Å². The van der Waals surface area contributed by atoms with Gasteiger partial charge in [0.2, 0.25) is 0 Å². The van der Waals surface area contributed by atoms with Gasteiger partial charge in [-0.2, -0.15) is 4.91 Å². The topological polar surface area (TPSA) is 83.4 Å². The fourth-order valence-corrected chi connectivity index (χ4v) is 0.0400. The molecule has 0 aliphatic heterocycles. The lowest BCUT2D eigenvalue weighted by Crippen LogP contribution is -1.34. The van der Waals surface area contributed by atoms with E-state index in [-0.39, 0.29) is 0 Å². The zero-order valence-corrected chi connectivity index (χ0v) is 2.74. The highest BCUT2D eigenvalue weighted by Gasteiger charge is 1.46. The summed E-state index contributed by atoms with van der Waals surface area (Å²) in [4.78, 5) is 2.16. The van der Waals surface area contributed by atoms with E-state index in [1.165, 1.54) is 6.01 Å². The fraction of sp³-hybridized carbons (Fsp3) is 0. The highest BCUT2D eigenvalue weighted by molar-refractivity contribution is 5.44. The van der Waals surface area contributed by atoms with Crippen LogP contribution in [-0.4, -0.2) is 6.01 Å². The molecule has 0 radical (unpaired) electrons. The van der Waals surface area contributed by atoms with E-state index in [1.54, 1.807) is 0 Å². The lowest BCUT2D eigenvalue weighted by Gasteiger charge is -1.46. The van der Waals surface area contributed by atoms with Gasteiger partial charge in [-0.25, -0.2) is 0 Å². The maximum atomic E-state index is 7.52. The molecule has 6 heavy (non-hydrogen) atoms. The molecule has 0 aromatic rings. The van der Waals surface area contributed by atoms with Crippen LogP contribution in [0, 0.1) is 0 Å². The summed E-state index contributed by atoms with van der Waals surface area (Å²) in [6, 6.07) is 1.27. The van der Waals surface area contributed by atoms with Crippen LogP contribution in [0.15, 0.2) is 10.3 Å². The molecule has 0 saturated carbocycles. The van der Waals surface area contributed by atoms with Crippen LogP contribution in [0.25, 0.3) is 15.9 Å². The van der Waals surface area contributed by atoms with Crippen molar-refractivity contribution in [3.8, 4) is 0 Å². The van der Waals surface area contributed by atoms with Crippen LogP contribution in [0.4, 0.5) is 0 Å². The minimum Gasteiger partial charge on any atom is -0.375 e. The summed E-state index contributed by atoms with van der Waals surface area (Å²) in [6.45, 7) is 0. The lowest BCUT2D eigenvalue weighted by atomic mass is 11.6. The highest BCUT2D eigenvalue weighted by Crippen LogP contribution is 1.62. The van der Waals surface area contributed by atoms with Gasteiger partial charge in [0.15, 0.2) is 0 Å². The molecule has 0 fully saturated rings. The predicted octanol–water partition coefficient (Wildman–Crippen LogP) is 0.955. The maximum Gasteiger partial charge on any atom is 0.120 e. The first-order valence-corrected chi connectivity index (χ1v) is 1.05. The average molecular weight is 82.0 g/mol. The van der Waals surface area contributed by atoms with Crippen molar-refractivity contribution in [2.75, 3.05) is 0 Å². The van der Waals surface area contributed by atoms with E-state index in [0.717, 1.165) is 0 Å². The molecule has 0 unspecified atom stereocenters. The van der Waals surface area contributed by atoms with Crippen molar-refractivity contribution in [2.45, 2.75) is 0 Å². The number of rotatable bonds is 1. The van der Waals surface area contributed by atoms with Gasteiger partial charge in [-0.1, -0.05) is 0 Å². The summed E-state index contributed by atoms with van der Waals surface area (Å²) < 4.78 is 0. The summed E-state index contributed by atoms with van der Waals surface area (Å²) in [5, 5.41) is 12.7. The second-order valence-corrected chi connectivity index (χ2v) is 0.379. The Balaban J connectivity index is 3.64. The predicted molar refractivity (Wildman–Crippen MR) is 19.9 cm³/mol. The van der Waals surface area contributed by atoms with E-state index in [1.807, 2.05) is 0 Å². The van der Waals surface area contributed by atoms with Crippen LogP contribution < -0.4 is 0 Å². The summed E-state index contributed by atoms with van der Waals surface area (Å²) >= 11 is 0. The van der Waals surface area contributed by atoms with Crippen molar-refractivity contribution in [1.29, 1.82) is 0 Å². The highest BCUT2D eigenvalue weighted by atomic mass is 15.4. The zero-order chi connectivity index (χ0) is 4.83. The largest absolute Gasteiger partial charge is 0.375 e. The van der Waals surface area contributed by atoms with Crippen LogP contribution in [0.2, 0.25) is 0 Å². The lowest BCUT2D eigenvalue weighted by molar-refractivity contribution is 1.22. The van der Waals surface area contributed by atoms with Crippen molar-refractivity contribution in [1.82, 2.24) is 0 Å². The molecule has 0 bridgehead atoms. The van der Waals surface area contributed by atoms with Gasteiger partial charge in [0.25, 0.3) is 0 Å². The standard InChI is InChI=1S/CN5/c2-1-4-6-5-3/q-1. The first kappa shape index (κ1) is 4.69. The monoisotopic (exact) mass is 82.0 g/mol. The third-order valence-electron chi connectivity index (χ3n) is 0.129. The Hall–Kier alpha value is -1.31. The third-order valence-corrected chi connectivity index (χ3v) is 0.129. The quantitative estimate of drug-likeness (QED) is 0.148. The van der Waals surface area contributed by atoms with Gasteiger partial charge in [0.1, 0.15) is 6.01 Å². The molecule has 0 amide bonds. The van der Waals surface area contributed by atoms with Gasteiger partial charge in [0.05, 0.1) is 0 Å². The SMILES string of the molecule is [N-]=C=NN=[N+]=[N-]. The first-order valence-electron chi connectivity index (χ1n) is 1.05. The van der Waals surface area contributed by atoms with E-state index in [2.05, 4.69) is 15.2 Å². The second kappa shape index (κ2) is 3.69. The van der Waals surface area contributed by atoms with Gasteiger partial charge in [0, 0.05) is 10.3 Å². The number of hydrogen-bond acceptors (Lipinski definition) is 1. The molecule has 0 aromatic heterocycles. The zero-order valence-electron chi connectivity index (χ0n) is 2.74. The minimum absolute atomic E-state index is 1.27. The van der Waals surface area contributed by atoms with Crippen molar-refractivity contribution < 1.29 is 0 Å². The molecular weight excluding hydrogens is 82.0 g/mol. The molecule has 5 heteroatoms. The normalized spacial score (nSPS) is 4.67. The molecule has 0 saturated heterocycles. The second-order valence-electron chi connectivity index (χ2n) is 0.379. The van der Waals surface area contributed by atoms with Gasteiger partial charge in [-0.15, -0.1) is 5.53 Å². The Labute approximate surface area is 33.4 Å². The Kier molecular flexibility index (Phi) is 2.88. The van der Waals surface area contributed by atoms with Gasteiger partial charge in [-0.3, -0.25) is 0 Å². The Morgan fingerprint density at radius 3 is 2.50 bits per heavy atom. The minimum atomic E-state index is 1.27. The molecule has 0 atom stereocenters. The molecule has 0 aliphatic rings. The maximum absolute atomic E-state index is 7.52. The molecule has 0 spiro atoms. The van der Waals surface area contributed by atoms with Crippen molar-refractivity contribution >= 4 is 6.01 Å². The molecule has 0 aliphatic carbocycles. The Morgan fingerprint density at radius 1 is 1.67 bits per heavy atom. The van der Waals surface area contributed by atoms with Crippen molar-refractivity contribution in [2.24, 2.45) is 10.3 Å². The fourth-order valence-electron chi connectivity index (χ4n) is 0.0400. The van der Waals surface area contributed by atoms with Crippen LogP contribution in [0.1, 0.15) is 0 Å². The van der Waals surface area contributed by atoms with Crippen LogP contribution in [0.3, 0.4) is 0 Å². The number of azide groups is 1. The molecule has 0 aromatic carbocycles. The van der Waals surface area contributed by atoms with Crippen LogP contribution >= 0.6 is 0 Å². The van der Waals surface area contributed by atoms with Gasteiger partial charge < -0.3 is 5.41 Å². The van der Waals surface area contributed by atoms with Gasteiger partial charge in [-0.05, 0) is 0 Å². The molecule has 30 valence electrons. The van der Waals surface area contributed by atoms with Crippen molar-refractivity contribution in [3.05, 3.63) is 15.9 Å². The molecule has 0 rings (SSSR count). The Bertz CT molecular complexity index is 95.9. The van der Waals surface area contributed by atoms with E-state index < -0.39 is 0 Å². The molecule has 0 heterocycles. The van der Waals surface area contributed by atoms with Crippen LogP contribution in [0.5, 0.6) is 0 Å². The number of nitrogens with zero attached hydrogens (tertiary/aromatic N) is 5. The first-order chi connectivity index (χ1) is 2.91. The van der Waals surface area contributed by atoms with E-state index in [0.29, 0.717) is 0 Å². The molecular formula is CN5-. The smallest absolute Gasteiger partial charge is 0.120 e. The third kappa shape index (κ3) is 2.69. The summed E-state index contributed by atoms with van der Waals surface area (Å²) in [5.41, 5.74) is 7.41. The summed E-state index contributed by atoms with van der Waals surface area (Å²) in [5.74, 6) is 0. The summed E-state index contributed by atoms with van der Waals surface area (Å²) in [6.07, 6.45) is 0. The molecule has 0 N–H and O–H groups in total. The molecule has 5 nitrogen and oxygen atoms in total. The van der Waals surface area contributed by atoms with E-state index in [9.17, 15) is 0 Å².